The molecular weight excluding hydrogens is 279 g/mol. The van der Waals surface area contributed by atoms with Crippen molar-refractivity contribution >= 4 is 0 Å². The lowest BCUT2D eigenvalue weighted by Crippen LogP contribution is -2.44. The van der Waals surface area contributed by atoms with E-state index < -0.39 is 0 Å². The molecule has 2 fully saturated rings. The van der Waals surface area contributed by atoms with Crippen LogP contribution in [0, 0.1) is 17.2 Å². The van der Waals surface area contributed by atoms with Crippen molar-refractivity contribution in [3.63, 3.8) is 0 Å². The summed E-state index contributed by atoms with van der Waals surface area (Å²) in [6.07, 6.45) is 2.49. The lowest BCUT2D eigenvalue weighted by molar-refractivity contribution is 0.0354. The molecule has 122 valence electrons. The second kappa shape index (κ2) is 6.65. The Labute approximate surface area is 133 Å². The Morgan fingerprint density at radius 1 is 1.23 bits per heavy atom. The number of rotatable bonds is 4. The summed E-state index contributed by atoms with van der Waals surface area (Å²) in [6, 6.07) is 6.91. The van der Waals surface area contributed by atoms with Gasteiger partial charge in [0.2, 0.25) is 0 Å². The first-order valence-electron chi connectivity index (χ1n) is 8.26. The van der Waals surface area contributed by atoms with E-state index in [0.29, 0.717) is 11.3 Å². The van der Waals surface area contributed by atoms with Crippen LogP contribution in [0.2, 0.25) is 0 Å². The summed E-state index contributed by atoms with van der Waals surface area (Å²) in [5, 5.41) is 0. The zero-order chi connectivity index (χ0) is 15.6. The third-order valence-electron chi connectivity index (χ3n) is 5.52. The van der Waals surface area contributed by atoms with E-state index in [9.17, 15) is 4.39 Å². The number of likely N-dealkylation sites (tertiary alicyclic amines) is 2. The van der Waals surface area contributed by atoms with E-state index in [4.69, 9.17) is 4.74 Å². The van der Waals surface area contributed by atoms with Crippen LogP contribution in [0.15, 0.2) is 24.3 Å². The molecule has 1 aromatic rings. The number of nitrogens with zero attached hydrogens (tertiary/aromatic N) is 2. The van der Waals surface area contributed by atoms with Gasteiger partial charge in [0.25, 0.3) is 0 Å². The van der Waals surface area contributed by atoms with Crippen molar-refractivity contribution < 1.29 is 9.13 Å². The Bertz CT molecular complexity index is 482. The standard InChI is InChI=1S/C18H27FN2O/c1-20-12-16(13-22-2)18(14-20)7-9-21(10-8-18)11-15-3-5-17(19)6-4-15/h3-6,16H,7-14H2,1-2H3/t16-/m0/s1. The summed E-state index contributed by atoms with van der Waals surface area (Å²) in [5.41, 5.74) is 1.64. The quantitative estimate of drug-likeness (QED) is 0.850. The van der Waals surface area contributed by atoms with Gasteiger partial charge < -0.3 is 9.64 Å². The highest BCUT2D eigenvalue weighted by Crippen LogP contribution is 2.44. The van der Waals surface area contributed by atoms with Crippen molar-refractivity contribution in [1.82, 2.24) is 9.80 Å². The maximum atomic E-state index is 13.0. The Morgan fingerprint density at radius 3 is 2.55 bits per heavy atom. The number of methoxy groups -OCH3 is 1. The number of ether oxygens (including phenoxy) is 1. The fourth-order valence-electron chi connectivity index (χ4n) is 4.30. The second-order valence-corrected chi connectivity index (χ2v) is 7.11. The predicted octanol–water partition coefficient (Wildman–Crippen LogP) is 2.62. The molecule has 1 spiro atoms. The molecule has 2 aliphatic rings. The average molecular weight is 306 g/mol. The van der Waals surface area contributed by atoms with Gasteiger partial charge in [-0.1, -0.05) is 12.1 Å². The first-order chi connectivity index (χ1) is 10.6. The molecule has 0 amide bonds. The molecule has 2 aliphatic heterocycles. The zero-order valence-electron chi connectivity index (χ0n) is 13.7. The number of hydrogen-bond donors (Lipinski definition) is 0. The van der Waals surface area contributed by atoms with Gasteiger partial charge in [0.1, 0.15) is 5.82 Å². The van der Waals surface area contributed by atoms with E-state index in [1.807, 2.05) is 19.2 Å². The van der Waals surface area contributed by atoms with Crippen molar-refractivity contribution in [2.75, 3.05) is 46.9 Å². The van der Waals surface area contributed by atoms with Gasteiger partial charge in [-0.2, -0.15) is 0 Å². The molecule has 3 nitrogen and oxygen atoms in total. The minimum absolute atomic E-state index is 0.155. The van der Waals surface area contributed by atoms with E-state index in [1.54, 1.807) is 12.1 Å². The van der Waals surface area contributed by atoms with E-state index in [-0.39, 0.29) is 5.82 Å². The number of halogens is 1. The molecule has 0 aromatic heterocycles. The fraction of sp³-hybridized carbons (Fsp3) is 0.667. The van der Waals surface area contributed by atoms with Crippen LogP contribution in [0.1, 0.15) is 18.4 Å². The largest absolute Gasteiger partial charge is 0.384 e. The van der Waals surface area contributed by atoms with E-state index in [0.717, 1.165) is 32.8 Å². The topological polar surface area (TPSA) is 15.7 Å². The lowest BCUT2D eigenvalue weighted by atomic mass is 9.71. The summed E-state index contributed by atoms with van der Waals surface area (Å²) >= 11 is 0. The predicted molar refractivity (Wildman–Crippen MR) is 86.2 cm³/mol. The molecule has 0 N–H and O–H groups in total. The van der Waals surface area contributed by atoms with Gasteiger partial charge in [-0.25, -0.2) is 4.39 Å². The lowest BCUT2D eigenvalue weighted by Gasteiger charge is -2.42. The summed E-state index contributed by atoms with van der Waals surface area (Å²) in [4.78, 5) is 4.96. The Hall–Kier alpha value is -0.970. The molecule has 4 heteroatoms. The molecule has 1 aromatic carbocycles. The molecule has 3 rings (SSSR count). The number of benzene rings is 1. The average Bonchev–Trinajstić information content (AvgIpc) is 2.80. The van der Waals surface area contributed by atoms with Crippen LogP contribution in [-0.4, -0.2) is 56.7 Å². The normalized spacial score (nSPS) is 25.9. The Kier molecular flexibility index (Phi) is 4.81. The second-order valence-electron chi connectivity index (χ2n) is 7.11. The summed E-state index contributed by atoms with van der Waals surface area (Å²) in [7, 11) is 4.04. The van der Waals surface area contributed by atoms with Gasteiger partial charge in [-0.3, -0.25) is 4.90 Å². The number of piperidine rings is 1. The SMILES string of the molecule is COC[C@@H]1CN(C)CC12CCN(Cc1ccc(F)cc1)CC2. The van der Waals surface area contributed by atoms with Crippen molar-refractivity contribution in [2.45, 2.75) is 19.4 Å². The highest BCUT2D eigenvalue weighted by Gasteiger charge is 2.46. The molecule has 0 radical (unpaired) electrons. The zero-order valence-corrected chi connectivity index (χ0v) is 13.7. The van der Waals surface area contributed by atoms with Crippen LogP contribution >= 0.6 is 0 Å². The third kappa shape index (κ3) is 3.34. The van der Waals surface area contributed by atoms with Gasteiger partial charge in [0.05, 0.1) is 6.61 Å². The van der Waals surface area contributed by atoms with Crippen LogP contribution in [0.4, 0.5) is 4.39 Å². The molecule has 2 heterocycles. The highest BCUT2D eigenvalue weighted by molar-refractivity contribution is 5.16. The van der Waals surface area contributed by atoms with Gasteiger partial charge in [-0.05, 0) is 56.1 Å². The fourth-order valence-corrected chi connectivity index (χ4v) is 4.30. The van der Waals surface area contributed by atoms with Crippen LogP contribution < -0.4 is 0 Å². The monoisotopic (exact) mass is 306 g/mol. The summed E-state index contributed by atoms with van der Waals surface area (Å²) in [5.74, 6) is 0.508. The van der Waals surface area contributed by atoms with Crippen molar-refractivity contribution in [1.29, 1.82) is 0 Å². The Balaban J connectivity index is 1.58. The summed E-state index contributed by atoms with van der Waals surface area (Å²) < 4.78 is 18.4. The maximum absolute atomic E-state index is 13.0. The van der Waals surface area contributed by atoms with E-state index >= 15 is 0 Å². The van der Waals surface area contributed by atoms with Gasteiger partial charge in [0, 0.05) is 32.7 Å². The van der Waals surface area contributed by atoms with Crippen LogP contribution in [0.5, 0.6) is 0 Å². The molecule has 2 saturated heterocycles. The van der Waals surface area contributed by atoms with Crippen molar-refractivity contribution in [3.8, 4) is 0 Å². The molecule has 1 atom stereocenters. The molecule has 0 saturated carbocycles. The van der Waals surface area contributed by atoms with Gasteiger partial charge >= 0.3 is 0 Å². The minimum atomic E-state index is -0.155. The van der Waals surface area contributed by atoms with E-state index in [2.05, 4.69) is 16.8 Å². The van der Waals surface area contributed by atoms with Crippen molar-refractivity contribution in [3.05, 3.63) is 35.6 Å². The van der Waals surface area contributed by atoms with Gasteiger partial charge in [0.15, 0.2) is 0 Å². The first kappa shape index (κ1) is 15.9. The Morgan fingerprint density at radius 2 is 1.91 bits per heavy atom. The van der Waals surface area contributed by atoms with Crippen molar-refractivity contribution in [2.24, 2.45) is 11.3 Å². The minimum Gasteiger partial charge on any atom is -0.384 e. The molecule has 22 heavy (non-hydrogen) atoms. The summed E-state index contributed by atoms with van der Waals surface area (Å²) in [6.45, 7) is 6.43. The van der Waals surface area contributed by atoms with Crippen LogP contribution in [0.25, 0.3) is 0 Å². The maximum Gasteiger partial charge on any atom is 0.123 e. The van der Waals surface area contributed by atoms with Gasteiger partial charge in [-0.15, -0.1) is 0 Å². The molecule has 0 unspecified atom stereocenters. The highest BCUT2D eigenvalue weighted by atomic mass is 19.1. The van der Waals surface area contributed by atoms with Crippen LogP contribution in [0.3, 0.4) is 0 Å². The van der Waals surface area contributed by atoms with E-state index in [1.165, 1.54) is 24.9 Å². The first-order valence-corrected chi connectivity index (χ1v) is 8.26. The molecule has 0 aliphatic carbocycles. The molecular formula is C18H27FN2O. The molecule has 0 bridgehead atoms. The van der Waals surface area contributed by atoms with Crippen LogP contribution in [-0.2, 0) is 11.3 Å². The third-order valence-corrected chi connectivity index (χ3v) is 5.52. The number of hydrogen-bond acceptors (Lipinski definition) is 3. The smallest absolute Gasteiger partial charge is 0.123 e.